The quantitative estimate of drug-likeness (QED) is 0.510. The Hall–Kier alpha value is 0. The van der Waals surface area contributed by atoms with Gasteiger partial charge in [-0.2, -0.15) is 0 Å². The van der Waals surface area contributed by atoms with Crippen molar-refractivity contribution in [1.82, 2.24) is 0 Å². The molecule has 12 heavy (non-hydrogen) atoms. The van der Waals surface area contributed by atoms with Crippen molar-refractivity contribution < 1.29 is 0 Å². The van der Waals surface area contributed by atoms with Crippen LogP contribution in [0.25, 0.3) is 0 Å². The summed E-state index contributed by atoms with van der Waals surface area (Å²) in [5.74, 6) is 1.03. The molecule has 0 aromatic carbocycles. The van der Waals surface area contributed by atoms with Gasteiger partial charge in [-0.15, -0.1) is 0 Å². The van der Waals surface area contributed by atoms with Crippen molar-refractivity contribution in [2.24, 2.45) is 16.7 Å². The molecule has 0 aromatic heterocycles. The van der Waals surface area contributed by atoms with Crippen LogP contribution in [0.1, 0.15) is 59.3 Å². The van der Waals surface area contributed by atoms with E-state index < -0.39 is 0 Å². The SMILES string of the molecule is CC1CC2(CCC(C)(C)CC2)C1. The molecular weight excluding hydrogens is 144 g/mol. The van der Waals surface area contributed by atoms with Crippen molar-refractivity contribution in [3.05, 3.63) is 0 Å². The van der Waals surface area contributed by atoms with Crippen molar-refractivity contribution in [1.29, 1.82) is 0 Å². The zero-order chi connectivity index (χ0) is 8.82. The molecule has 0 saturated heterocycles. The molecule has 0 aliphatic heterocycles. The molecule has 1 spiro atoms. The van der Waals surface area contributed by atoms with Crippen LogP contribution < -0.4 is 0 Å². The second kappa shape index (κ2) is 2.49. The highest BCUT2D eigenvalue weighted by Gasteiger charge is 2.45. The first-order valence-electron chi connectivity index (χ1n) is 5.52. The molecule has 2 aliphatic rings. The summed E-state index contributed by atoms with van der Waals surface area (Å²) in [4.78, 5) is 0. The van der Waals surface area contributed by atoms with Gasteiger partial charge < -0.3 is 0 Å². The monoisotopic (exact) mass is 166 g/mol. The van der Waals surface area contributed by atoms with Crippen LogP contribution in [-0.2, 0) is 0 Å². The molecule has 0 amide bonds. The summed E-state index contributed by atoms with van der Waals surface area (Å²) < 4.78 is 0. The van der Waals surface area contributed by atoms with E-state index in [2.05, 4.69) is 20.8 Å². The average Bonchev–Trinajstić information content (AvgIpc) is 1.92. The van der Waals surface area contributed by atoms with Gasteiger partial charge in [0.1, 0.15) is 0 Å². The van der Waals surface area contributed by atoms with E-state index in [1.54, 1.807) is 0 Å². The molecule has 2 aliphatic carbocycles. The first-order chi connectivity index (χ1) is 5.52. The fraction of sp³-hybridized carbons (Fsp3) is 1.00. The Morgan fingerprint density at radius 3 is 1.83 bits per heavy atom. The Kier molecular flexibility index (Phi) is 1.79. The molecule has 0 atom stereocenters. The van der Waals surface area contributed by atoms with Gasteiger partial charge in [-0.25, -0.2) is 0 Å². The minimum absolute atomic E-state index is 0.657. The van der Waals surface area contributed by atoms with E-state index in [9.17, 15) is 0 Å². The fourth-order valence-corrected chi connectivity index (χ4v) is 3.28. The normalized spacial score (nSPS) is 33.2. The van der Waals surface area contributed by atoms with E-state index in [0.717, 1.165) is 11.3 Å². The molecule has 0 heteroatoms. The van der Waals surface area contributed by atoms with Crippen molar-refractivity contribution in [2.45, 2.75) is 59.3 Å². The summed E-state index contributed by atoms with van der Waals surface area (Å²) in [6.45, 7) is 7.27. The lowest BCUT2D eigenvalue weighted by Crippen LogP contribution is -2.40. The van der Waals surface area contributed by atoms with Crippen molar-refractivity contribution in [3.8, 4) is 0 Å². The third kappa shape index (κ3) is 1.41. The van der Waals surface area contributed by atoms with Crippen LogP contribution in [0.2, 0.25) is 0 Å². The highest BCUT2D eigenvalue weighted by atomic mass is 14.5. The molecule has 0 aromatic rings. The van der Waals surface area contributed by atoms with Crippen LogP contribution in [0.4, 0.5) is 0 Å². The Morgan fingerprint density at radius 1 is 0.917 bits per heavy atom. The molecule has 2 fully saturated rings. The van der Waals surface area contributed by atoms with Crippen LogP contribution in [0.3, 0.4) is 0 Å². The molecular formula is C12H22. The van der Waals surface area contributed by atoms with Crippen molar-refractivity contribution >= 4 is 0 Å². The maximum Gasteiger partial charge on any atom is -0.0292 e. The average molecular weight is 166 g/mol. The number of hydrogen-bond donors (Lipinski definition) is 0. The molecule has 0 nitrogen and oxygen atoms in total. The van der Waals surface area contributed by atoms with Gasteiger partial charge in [0.15, 0.2) is 0 Å². The predicted octanol–water partition coefficient (Wildman–Crippen LogP) is 4.00. The summed E-state index contributed by atoms with van der Waals surface area (Å²) in [5, 5.41) is 0. The van der Waals surface area contributed by atoms with Gasteiger partial charge in [0, 0.05) is 0 Å². The standard InChI is InChI=1S/C12H22/c1-10-8-12(9-10)6-4-11(2,3)5-7-12/h10H,4-9H2,1-3H3. The maximum atomic E-state index is 2.43. The third-order valence-corrected chi connectivity index (χ3v) is 4.23. The van der Waals surface area contributed by atoms with Gasteiger partial charge in [0.05, 0.1) is 0 Å². The van der Waals surface area contributed by atoms with Gasteiger partial charge in [0.25, 0.3) is 0 Å². The molecule has 0 radical (unpaired) electrons. The van der Waals surface area contributed by atoms with Crippen molar-refractivity contribution in [2.75, 3.05) is 0 Å². The Labute approximate surface area is 76.7 Å². The first-order valence-corrected chi connectivity index (χ1v) is 5.52. The van der Waals surface area contributed by atoms with Crippen LogP contribution in [0, 0.1) is 16.7 Å². The van der Waals surface area contributed by atoms with Gasteiger partial charge in [-0.1, -0.05) is 20.8 Å². The maximum absolute atomic E-state index is 2.43. The van der Waals surface area contributed by atoms with E-state index in [-0.39, 0.29) is 0 Å². The molecule has 2 rings (SSSR count). The van der Waals surface area contributed by atoms with E-state index in [1.165, 1.54) is 38.5 Å². The minimum atomic E-state index is 0.657. The van der Waals surface area contributed by atoms with Gasteiger partial charge in [0.2, 0.25) is 0 Å². The van der Waals surface area contributed by atoms with Crippen molar-refractivity contribution in [3.63, 3.8) is 0 Å². The number of hydrogen-bond acceptors (Lipinski definition) is 0. The lowest BCUT2D eigenvalue weighted by molar-refractivity contribution is -0.0105. The third-order valence-electron chi connectivity index (χ3n) is 4.23. The van der Waals surface area contributed by atoms with E-state index >= 15 is 0 Å². The van der Waals surface area contributed by atoms with E-state index in [1.807, 2.05) is 0 Å². The zero-order valence-electron chi connectivity index (χ0n) is 8.82. The second-order valence-corrected chi connectivity index (χ2v) is 6.18. The van der Waals surface area contributed by atoms with Crippen LogP contribution in [0.15, 0.2) is 0 Å². The molecule has 70 valence electrons. The highest BCUT2D eigenvalue weighted by molar-refractivity contribution is 4.96. The first kappa shape index (κ1) is 8.59. The summed E-state index contributed by atoms with van der Waals surface area (Å²) in [5.41, 5.74) is 1.49. The Balaban J connectivity index is 1.91. The summed E-state index contributed by atoms with van der Waals surface area (Å²) in [6, 6.07) is 0. The zero-order valence-corrected chi connectivity index (χ0v) is 8.82. The molecule has 0 unspecified atom stereocenters. The fourth-order valence-electron chi connectivity index (χ4n) is 3.28. The number of rotatable bonds is 0. The molecule has 0 bridgehead atoms. The van der Waals surface area contributed by atoms with Crippen LogP contribution in [0.5, 0.6) is 0 Å². The Morgan fingerprint density at radius 2 is 1.42 bits per heavy atom. The van der Waals surface area contributed by atoms with Crippen LogP contribution >= 0.6 is 0 Å². The summed E-state index contributed by atoms with van der Waals surface area (Å²) >= 11 is 0. The van der Waals surface area contributed by atoms with Gasteiger partial charge in [-0.05, 0) is 55.3 Å². The van der Waals surface area contributed by atoms with E-state index in [4.69, 9.17) is 0 Å². The Bertz CT molecular complexity index is 160. The summed E-state index contributed by atoms with van der Waals surface area (Å²) in [6.07, 6.45) is 9.04. The smallest absolute Gasteiger partial charge is 0.0292 e. The van der Waals surface area contributed by atoms with Gasteiger partial charge >= 0.3 is 0 Å². The van der Waals surface area contributed by atoms with Gasteiger partial charge in [-0.3, -0.25) is 0 Å². The lowest BCUT2D eigenvalue weighted by Gasteiger charge is -2.52. The minimum Gasteiger partial charge on any atom is -0.0625 e. The largest absolute Gasteiger partial charge is 0.0625 e. The topological polar surface area (TPSA) is 0 Å². The van der Waals surface area contributed by atoms with E-state index in [0.29, 0.717) is 5.41 Å². The summed E-state index contributed by atoms with van der Waals surface area (Å²) in [7, 11) is 0. The molecule has 0 heterocycles. The molecule has 0 N–H and O–H groups in total. The second-order valence-electron chi connectivity index (χ2n) is 6.18. The lowest BCUT2D eigenvalue weighted by atomic mass is 9.53. The molecule has 2 saturated carbocycles. The van der Waals surface area contributed by atoms with Crippen LogP contribution in [-0.4, -0.2) is 0 Å². The highest BCUT2D eigenvalue weighted by Crippen LogP contribution is 2.57. The predicted molar refractivity (Wildman–Crippen MR) is 53.1 cm³/mol.